The fourth-order valence-corrected chi connectivity index (χ4v) is 1.05. The van der Waals surface area contributed by atoms with Crippen molar-refractivity contribution in [1.82, 2.24) is 10.4 Å². The van der Waals surface area contributed by atoms with Gasteiger partial charge in [-0.15, -0.1) is 0 Å². The molecule has 0 atom stereocenters. The molecule has 0 saturated heterocycles. The molecule has 1 N–H and O–H groups in total. The van der Waals surface area contributed by atoms with Gasteiger partial charge < -0.3 is 0 Å². The van der Waals surface area contributed by atoms with Gasteiger partial charge in [-0.2, -0.15) is 5.10 Å². The van der Waals surface area contributed by atoms with Crippen LogP contribution in [0.25, 0.3) is 0 Å². The van der Waals surface area contributed by atoms with E-state index in [9.17, 15) is 0 Å². The number of pyridine rings is 1. The molecule has 0 aromatic carbocycles. The zero-order chi connectivity index (χ0) is 8.93. The first-order valence-electron chi connectivity index (χ1n) is 4.05. The molecule has 1 aromatic rings. The molecular formula is C10H9N3. The highest BCUT2D eigenvalue weighted by atomic mass is 15.3. The molecule has 3 heteroatoms. The van der Waals surface area contributed by atoms with Gasteiger partial charge in [0.1, 0.15) is 5.71 Å². The highest BCUT2D eigenvalue weighted by Crippen LogP contribution is 1.99. The number of hydrazone groups is 1. The SMILES string of the molecule is C1=CNN=C(c2ccccn2)C=C1. The van der Waals surface area contributed by atoms with E-state index in [1.807, 2.05) is 36.4 Å². The van der Waals surface area contributed by atoms with Crippen LogP contribution < -0.4 is 5.43 Å². The van der Waals surface area contributed by atoms with Crippen molar-refractivity contribution < 1.29 is 0 Å². The van der Waals surface area contributed by atoms with Crippen LogP contribution in [0.1, 0.15) is 5.69 Å². The predicted octanol–water partition coefficient (Wildman–Crippen LogP) is 1.46. The van der Waals surface area contributed by atoms with E-state index in [-0.39, 0.29) is 0 Å². The first-order valence-corrected chi connectivity index (χ1v) is 4.05. The van der Waals surface area contributed by atoms with E-state index in [0.717, 1.165) is 11.4 Å². The molecule has 2 heterocycles. The third-order valence-electron chi connectivity index (χ3n) is 1.65. The minimum Gasteiger partial charge on any atom is -0.285 e. The predicted molar refractivity (Wildman–Crippen MR) is 52.2 cm³/mol. The van der Waals surface area contributed by atoms with Crippen LogP contribution in [0.2, 0.25) is 0 Å². The molecule has 13 heavy (non-hydrogen) atoms. The van der Waals surface area contributed by atoms with Crippen LogP contribution in [0.3, 0.4) is 0 Å². The Labute approximate surface area is 76.5 Å². The zero-order valence-corrected chi connectivity index (χ0v) is 7.01. The van der Waals surface area contributed by atoms with Crippen molar-refractivity contribution in [2.24, 2.45) is 5.10 Å². The summed E-state index contributed by atoms with van der Waals surface area (Å²) in [5, 5.41) is 4.12. The number of hydrogen-bond donors (Lipinski definition) is 1. The van der Waals surface area contributed by atoms with Gasteiger partial charge in [0.05, 0.1) is 5.69 Å². The van der Waals surface area contributed by atoms with E-state index < -0.39 is 0 Å². The van der Waals surface area contributed by atoms with E-state index in [2.05, 4.69) is 15.5 Å². The van der Waals surface area contributed by atoms with Crippen LogP contribution >= 0.6 is 0 Å². The van der Waals surface area contributed by atoms with Gasteiger partial charge in [0.2, 0.25) is 0 Å². The van der Waals surface area contributed by atoms with Crippen LogP contribution in [0.5, 0.6) is 0 Å². The van der Waals surface area contributed by atoms with E-state index in [1.165, 1.54) is 0 Å². The lowest BCUT2D eigenvalue weighted by atomic mass is 10.2. The number of allylic oxidation sites excluding steroid dienone is 3. The molecule has 0 aliphatic carbocycles. The molecule has 0 spiro atoms. The smallest absolute Gasteiger partial charge is 0.109 e. The molecule has 0 saturated carbocycles. The van der Waals surface area contributed by atoms with Crippen LogP contribution in [-0.2, 0) is 0 Å². The molecular weight excluding hydrogens is 162 g/mol. The third kappa shape index (κ3) is 1.82. The molecule has 0 bridgehead atoms. The van der Waals surface area contributed by atoms with Crippen molar-refractivity contribution in [3.05, 3.63) is 54.5 Å². The van der Waals surface area contributed by atoms with Crippen LogP contribution in [-0.4, -0.2) is 10.7 Å². The Kier molecular flexibility index (Phi) is 2.18. The average Bonchev–Trinajstić information content (AvgIpc) is 2.47. The van der Waals surface area contributed by atoms with E-state index in [4.69, 9.17) is 0 Å². The second kappa shape index (κ2) is 3.67. The van der Waals surface area contributed by atoms with Crippen molar-refractivity contribution in [2.75, 3.05) is 0 Å². The Morgan fingerprint density at radius 3 is 3.00 bits per heavy atom. The van der Waals surface area contributed by atoms with E-state index in [1.54, 1.807) is 12.4 Å². The van der Waals surface area contributed by atoms with Gasteiger partial charge in [-0.1, -0.05) is 12.1 Å². The zero-order valence-electron chi connectivity index (χ0n) is 7.01. The number of rotatable bonds is 1. The summed E-state index contributed by atoms with van der Waals surface area (Å²) in [5.41, 5.74) is 4.51. The van der Waals surface area contributed by atoms with E-state index in [0.29, 0.717) is 0 Å². The second-order valence-electron chi connectivity index (χ2n) is 2.56. The molecule has 0 fully saturated rings. The molecule has 64 valence electrons. The van der Waals surface area contributed by atoms with Crippen molar-refractivity contribution in [1.29, 1.82) is 0 Å². The van der Waals surface area contributed by atoms with Gasteiger partial charge in [0.25, 0.3) is 0 Å². The summed E-state index contributed by atoms with van der Waals surface area (Å²) in [7, 11) is 0. The summed E-state index contributed by atoms with van der Waals surface area (Å²) in [6.45, 7) is 0. The number of aromatic nitrogens is 1. The molecule has 1 aromatic heterocycles. The monoisotopic (exact) mass is 171 g/mol. The second-order valence-corrected chi connectivity index (χ2v) is 2.56. The highest BCUT2D eigenvalue weighted by molar-refractivity contribution is 6.07. The molecule has 0 amide bonds. The Bertz CT molecular complexity index is 363. The summed E-state index contributed by atoms with van der Waals surface area (Å²) >= 11 is 0. The van der Waals surface area contributed by atoms with Gasteiger partial charge in [-0.3, -0.25) is 10.4 Å². The quantitative estimate of drug-likeness (QED) is 0.694. The van der Waals surface area contributed by atoms with Crippen molar-refractivity contribution in [3.8, 4) is 0 Å². The first-order chi connectivity index (χ1) is 6.47. The highest BCUT2D eigenvalue weighted by Gasteiger charge is 1.99. The fraction of sp³-hybridized carbons (Fsp3) is 0. The van der Waals surface area contributed by atoms with Crippen molar-refractivity contribution >= 4 is 5.71 Å². The number of nitrogens with one attached hydrogen (secondary N) is 1. The Hall–Kier alpha value is -1.90. The third-order valence-corrected chi connectivity index (χ3v) is 1.65. The van der Waals surface area contributed by atoms with Gasteiger partial charge in [0, 0.05) is 12.4 Å². The summed E-state index contributed by atoms with van der Waals surface area (Å²) in [4.78, 5) is 4.19. The number of hydrogen-bond acceptors (Lipinski definition) is 3. The fourth-order valence-electron chi connectivity index (χ4n) is 1.05. The summed E-state index contributed by atoms with van der Waals surface area (Å²) in [5.74, 6) is 0. The molecule has 0 radical (unpaired) electrons. The lowest BCUT2D eigenvalue weighted by Gasteiger charge is -1.97. The maximum absolute atomic E-state index is 4.19. The molecule has 2 rings (SSSR count). The minimum atomic E-state index is 0.839. The van der Waals surface area contributed by atoms with Crippen LogP contribution in [0.4, 0.5) is 0 Å². The molecule has 1 aliphatic heterocycles. The summed E-state index contributed by atoms with van der Waals surface area (Å²) < 4.78 is 0. The van der Waals surface area contributed by atoms with Gasteiger partial charge in [-0.25, -0.2) is 0 Å². The van der Waals surface area contributed by atoms with Crippen LogP contribution in [0, 0.1) is 0 Å². The Morgan fingerprint density at radius 2 is 2.15 bits per heavy atom. The molecule has 1 aliphatic rings. The van der Waals surface area contributed by atoms with Gasteiger partial charge >= 0.3 is 0 Å². The first kappa shape index (κ1) is 7.73. The molecule has 3 nitrogen and oxygen atoms in total. The standard InChI is InChI=1S/C10H9N3/c1-3-7-11-9(5-1)10-6-2-4-8-12-13-10/h1-8,12H. The maximum atomic E-state index is 4.19. The van der Waals surface area contributed by atoms with E-state index >= 15 is 0 Å². The van der Waals surface area contributed by atoms with Crippen molar-refractivity contribution in [3.63, 3.8) is 0 Å². The number of nitrogens with zero attached hydrogens (tertiary/aromatic N) is 2. The topological polar surface area (TPSA) is 37.3 Å². The lowest BCUT2D eigenvalue weighted by molar-refractivity contribution is 0.970. The minimum absolute atomic E-state index is 0.839. The molecule has 0 unspecified atom stereocenters. The van der Waals surface area contributed by atoms with Crippen LogP contribution in [0.15, 0.2) is 53.9 Å². The van der Waals surface area contributed by atoms with Gasteiger partial charge in [0.15, 0.2) is 0 Å². The average molecular weight is 171 g/mol. The maximum Gasteiger partial charge on any atom is 0.109 e. The lowest BCUT2D eigenvalue weighted by Crippen LogP contribution is -2.04. The normalized spacial score (nSPS) is 14.6. The Balaban J connectivity index is 2.32. The summed E-state index contributed by atoms with van der Waals surface area (Å²) in [6.07, 6.45) is 9.25. The van der Waals surface area contributed by atoms with Crippen molar-refractivity contribution in [2.45, 2.75) is 0 Å². The Morgan fingerprint density at radius 1 is 1.15 bits per heavy atom. The largest absolute Gasteiger partial charge is 0.285 e. The van der Waals surface area contributed by atoms with Gasteiger partial charge in [-0.05, 0) is 24.3 Å². The summed E-state index contributed by atoms with van der Waals surface area (Å²) in [6, 6.07) is 5.75.